The minimum absolute atomic E-state index is 0.0224. The van der Waals surface area contributed by atoms with Crippen LogP contribution in [0.1, 0.15) is 31.8 Å². The highest BCUT2D eigenvalue weighted by Crippen LogP contribution is 2.21. The van der Waals surface area contributed by atoms with E-state index < -0.39 is 11.9 Å². The van der Waals surface area contributed by atoms with E-state index in [1.54, 1.807) is 36.4 Å². The first-order chi connectivity index (χ1) is 13.0. The molecule has 0 aliphatic rings. The Balaban J connectivity index is 1.87. The van der Waals surface area contributed by atoms with Crippen LogP contribution < -0.4 is 5.32 Å². The van der Waals surface area contributed by atoms with Crippen molar-refractivity contribution in [3.63, 3.8) is 0 Å². The summed E-state index contributed by atoms with van der Waals surface area (Å²) in [6.45, 7) is 0. The SMILES string of the molecule is O=C(Nc1cc(C=Cc2ccccc2)ccc1C(=O)O)c1ccc(Cl)cc1. The summed E-state index contributed by atoms with van der Waals surface area (Å²) in [6, 6.07) is 20.9. The molecule has 0 saturated carbocycles. The van der Waals surface area contributed by atoms with Crippen molar-refractivity contribution in [1.29, 1.82) is 0 Å². The van der Waals surface area contributed by atoms with Gasteiger partial charge in [0.2, 0.25) is 0 Å². The summed E-state index contributed by atoms with van der Waals surface area (Å²) in [4.78, 5) is 23.9. The lowest BCUT2D eigenvalue weighted by Crippen LogP contribution is -2.14. The van der Waals surface area contributed by atoms with Gasteiger partial charge in [0.25, 0.3) is 5.91 Å². The zero-order chi connectivity index (χ0) is 19.2. The summed E-state index contributed by atoms with van der Waals surface area (Å²) in [7, 11) is 0. The Kier molecular flexibility index (Phi) is 5.69. The molecule has 0 spiro atoms. The summed E-state index contributed by atoms with van der Waals surface area (Å²) in [5.74, 6) is -1.52. The molecule has 0 aliphatic carbocycles. The molecule has 0 aliphatic heterocycles. The zero-order valence-electron chi connectivity index (χ0n) is 14.2. The first kappa shape index (κ1) is 18.4. The van der Waals surface area contributed by atoms with Crippen LogP contribution in [-0.4, -0.2) is 17.0 Å². The van der Waals surface area contributed by atoms with Gasteiger partial charge in [0.15, 0.2) is 0 Å². The number of carbonyl (C=O) groups excluding carboxylic acids is 1. The summed E-state index contributed by atoms with van der Waals surface area (Å²) >= 11 is 5.83. The monoisotopic (exact) mass is 377 g/mol. The number of carboxylic acids is 1. The minimum atomic E-state index is -1.11. The van der Waals surface area contributed by atoms with Gasteiger partial charge < -0.3 is 10.4 Å². The van der Waals surface area contributed by atoms with Crippen LogP contribution in [0.25, 0.3) is 12.2 Å². The fourth-order valence-corrected chi connectivity index (χ4v) is 2.63. The number of carbonyl (C=O) groups is 2. The molecule has 5 heteroatoms. The predicted molar refractivity (Wildman–Crippen MR) is 108 cm³/mol. The number of benzene rings is 3. The Morgan fingerprint density at radius 3 is 2.19 bits per heavy atom. The second-order valence-electron chi connectivity index (χ2n) is 5.82. The van der Waals surface area contributed by atoms with Crippen molar-refractivity contribution >= 4 is 41.3 Å². The van der Waals surface area contributed by atoms with E-state index in [1.807, 2.05) is 42.5 Å². The van der Waals surface area contributed by atoms with Crippen molar-refractivity contribution in [3.8, 4) is 0 Å². The first-order valence-corrected chi connectivity index (χ1v) is 8.58. The molecule has 0 unspecified atom stereocenters. The molecule has 27 heavy (non-hydrogen) atoms. The number of anilines is 1. The number of carboxylic acid groups (broad SMARTS) is 1. The average Bonchev–Trinajstić information content (AvgIpc) is 2.67. The zero-order valence-corrected chi connectivity index (χ0v) is 15.0. The van der Waals surface area contributed by atoms with Gasteiger partial charge in [-0.2, -0.15) is 0 Å². The Hall–Kier alpha value is -3.37. The van der Waals surface area contributed by atoms with Crippen LogP contribution in [0, 0.1) is 0 Å². The van der Waals surface area contributed by atoms with Crippen molar-refractivity contribution in [2.24, 2.45) is 0 Å². The van der Waals surface area contributed by atoms with E-state index >= 15 is 0 Å². The van der Waals surface area contributed by atoms with Gasteiger partial charge >= 0.3 is 5.97 Å². The number of halogens is 1. The molecule has 0 radical (unpaired) electrons. The number of nitrogens with one attached hydrogen (secondary N) is 1. The predicted octanol–water partition coefficient (Wildman–Crippen LogP) is 5.46. The lowest BCUT2D eigenvalue weighted by atomic mass is 10.1. The molecule has 3 aromatic carbocycles. The van der Waals surface area contributed by atoms with Crippen LogP contribution in [0.2, 0.25) is 5.02 Å². The van der Waals surface area contributed by atoms with E-state index in [2.05, 4.69) is 5.32 Å². The number of amides is 1. The van der Waals surface area contributed by atoms with E-state index in [0.717, 1.165) is 11.1 Å². The smallest absolute Gasteiger partial charge is 0.337 e. The topological polar surface area (TPSA) is 66.4 Å². The van der Waals surface area contributed by atoms with Crippen molar-refractivity contribution in [2.75, 3.05) is 5.32 Å². The molecule has 0 aromatic heterocycles. The molecule has 0 saturated heterocycles. The standard InChI is InChI=1S/C22H16ClNO3/c23-18-11-9-17(10-12-18)21(25)24-20-14-16(8-13-19(20)22(26)27)7-6-15-4-2-1-3-5-15/h1-14H,(H,24,25)(H,26,27). The largest absolute Gasteiger partial charge is 0.478 e. The lowest BCUT2D eigenvalue weighted by Gasteiger charge is -2.10. The normalized spacial score (nSPS) is 10.7. The molecule has 0 heterocycles. The molecule has 134 valence electrons. The van der Waals surface area contributed by atoms with Crippen LogP contribution in [0.5, 0.6) is 0 Å². The van der Waals surface area contributed by atoms with Crippen LogP contribution in [0.4, 0.5) is 5.69 Å². The third-order valence-electron chi connectivity index (χ3n) is 3.90. The Morgan fingerprint density at radius 2 is 1.52 bits per heavy atom. The molecule has 3 rings (SSSR count). The Labute approximate surface area is 161 Å². The fraction of sp³-hybridized carbons (Fsp3) is 0. The van der Waals surface area contributed by atoms with E-state index in [0.29, 0.717) is 10.6 Å². The highest BCUT2D eigenvalue weighted by Gasteiger charge is 2.14. The van der Waals surface area contributed by atoms with Crippen LogP contribution >= 0.6 is 11.6 Å². The van der Waals surface area contributed by atoms with Crippen molar-refractivity contribution in [2.45, 2.75) is 0 Å². The summed E-state index contributed by atoms with van der Waals surface area (Å²) in [5.41, 5.74) is 2.44. The van der Waals surface area contributed by atoms with Crippen LogP contribution in [0.3, 0.4) is 0 Å². The van der Waals surface area contributed by atoms with Crippen molar-refractivity contribution in [3.05, 3.63) is 100 Å². The molecule has 2 N–H and O–H groups in total. The highest BCUT2D eigenvalue weighted by molar-refractivity contribution is 6.30. The number of hydrogen-bond donors (Lipinski definition) is 2. The van der Waals surface area contributed by atoms with E-state index in [9.17, 15) is 14.7 Å². The molecule has 0 atom stereocenters. The van der Waals surface area contributed by atoms with Gasteiger partial charge in [0, 0.05) is 10.6 Å². The van der Waals surface area contributed by atoms with Gasteiger partial charge in [-0.3, -0.25) is 4.79 Å². The fourth-order valence-electron chi connectivity index (χ4n) is 2.51. The average molecular weight is 378 g/mol. The van der Waals surface area contributed by atoms with Crippen LogP contribution in [0.15, 0.2) is 72.8 Å². The Morgan fingerprint density at radius 1 is 0.852 bits per heavy atom. The maximum atomic E-state index is 12.4. The molecule has 1 amide bonds. The third kappa shape index (κ3) is 4.84. The molecule has 0 bridgehead atoms. The lowest BCUT2D eigenvalue weighted by molar-refractivity contribution is 0.0698. The van der Waals surface area contributed by atoms with Crippen LogP contribution in [-0.2, 0) is 0 Å². The number of aromatic carboxylic acids is 1. The van der Waals surface area contributed by atoms with Gasteiger partial charge in [-0.05, 0) is 47.5 Å². The van der Waals surface area contributed by atoms with Gasteiger partial charge in [0.05, 0.1) is 11.3 Å². The maximum Gasteiger partial charge on any atom is 0.337 e. The molecular weight excluding hydrogens is 362 g/mol. The second kappa shape index (κ2) is 8.34. The first-order valence-electron chi connectivity index (χ1n) is 8.20. The van der Waals surface area contributed by atoms with E-state index in [1.165, 1.54) is 6.07 Å². The van der Waals surface area contributed by atoms with Gasteiger partial charge in [-0.25, -0.2) is 4.79 Å². The van der Waals surface area contributed by atoms with Gasteiger partial charge in [-0.15, -0.1) is 0 Å². The summed E-state index contributed by atoms with van der Waals surface area (Å²) < 4.78 is 0. The van der Waals surface area contributed by atoms with Crippen molar-refractivity contribution in [1.82, 2.24) is 0 Å². The molecule has 0 fully saturated rings. The Bertz CT molecular complexity index is 996. The molecule has 3 aromatic rings. The maximum absolute atomic E-state index is 12.4. The second-order valence-corrected chi connectivity index (χ2v) is 6.25. The number of hydrogen-bond acceptors (Lipinski definition) is 2. The van der Waals surface area contributed by atoms with E-state index in [-0.39, 0.29) is 11.3 Å². The minimum Gasteiger partial charge on any atom is -0.478 e. The number of rotatable bonds is 5. The van der Waals surface area contributed by atoms with Crippen molar-refractivity contribution < 1.29 is 14.7 Å². The molecule has 4 nitrogen and oxygen atoms in total. The quantitative estimate of drug-likeness (QED) is 0.580. The van der Waals surface area contributed by atoms with Gasteiger partial charge in [0.1, 0.15) is 0 Å². The summed E-state index contributed by atoms with van der Waals surface area (Å²) in [5, 5.41) is 12.6. The van der Waals surface area contributed by atoms with Gasteiger partial charge in [-0.1, -0.05) is 60.2 Å². The molecular formula is C22H16ClNO3. The highest BCUT2D eigenvalue weighted by atomic mass is 35.5. The third-order valence-corrected chi connectivity index (χ3v) is 4.15. The summed E-state index contributed by atoms with van der Waals surface area (Å²) in [6.07, 6.45) is 3.78. The van der Waals surface area contributed by atoms with E-state index in [4.69, 9.17) is 11.6 Å².